The molecule has 29 heavy (non-hydrogen) atoms. The third-order valence-corrected chi connectivity index (χ3v) is 5.16. The molecule has 0 radical (unpaired) electrons. The van der Waals surface area contributed by atoms with E-state index in [4.69, 9.17) is 9.47 Å². The molecule has 2 atom stereocenters. The summed E-state index contributed by atoms with van der Waals surface area (Å²) in [5, 5.41) is 9.88. The van der Waals surface area contributed by atoms with E-state index in [2.05, 4.69) is 19.9 Å². The van der Waals surface area contributed by atoms with Gasteiger partial charge in [-0.05, 0) is 53.3 Å². The van der Waals surface area contributed by atoms with E-state index < -0.39 is 18.2 Å². The molecule has 3 rings (SSSR count). The number of hydrogen-bond donors (Lipinski definition) is 1. The first kappa shape index (κ1) is 21.1. The third kappa shape index (κ3) is 4.67. The molecule has 0 spiro atoms. The van der Waals surface area contributed by atoms with Crippen LogP contribution in [-0.2, 0) is 9.53 Å². The molecule has 0 bridgehead atoms. The van der Waals surface area contributed by atoms with Gasteiger partial charge in [-0.15, -0.1) is 0 Å². The number of benzene rings is 2. The van der Waals surface area contributed by atoms with Gasteiger partial charge in [-0.2, -0.15) is 0 Å². The van der Waals surface area contributed by atoms with Gasteiger partial charge in [0.1, 0.15) is 17.7 Å². The molecule has 1 heterocycles. The number of cyclic esters (lactones) is 1. The second kappa shape index (κ2) is 8.78. The molecule has 0 amide bonds. The maximum absolute atomic E-state index is 13.5. The van der Waals surface area contributed by atoms with Gasteiger partial charge in [-0.1, -0.05) is 38.1 Å². The average molecular weight is 398 g/mol. The number of methoxy groups -OCH3 is 1. The minimum absolute atomic E-state index is 0.0285. The minimum Gasteiger partial charge on any atom is -0.496 e. The summed E-state index contributed by atoms with van der Waals surface area (Å²) in [6.07, 6.45) is 2.95. The van der Waals surface area contributed by atoms with Crippen LogP contribution < -0.4 is 4.74 Å². The number of esters is 1. The van der Waals surface area contributed by atoms with Crippen molar-refractivity contribution in [3.8, 4) is 16.9 Å². The molecule has 1 fully saturated rings. The molecule has 1 N–H and O–H groups in total. The SMILES string of the molecule is COc1c(C)cc(C(C)C)c(/C=C/[C@H]2C[C@H](O)CC(=O)O2)c1-c1ccc(F)cc1. The summed E-state index contributed by atoms with van der Waals surface area (Å²) in [6.45, 7) is 6.21. The van der Waals surface area contributed by atoms with E-state index in [0.717, 1.165) is 33.6 Å². The molecule has 2 aromatic rings. The molecule has 0 aliphatic carbocycles. The number of halogens is 1. The maximum Gasteiger partial charge on any atom is 0.309 e. The first-order chi connectivity index (χ1) is 13.8. The van der Waals surface area contributed by atoms with E-state index in [1.54, 1.807) is 19.2 Å². The van der Waals surface area contributed by atoms with Gasteiger partial charge in [0.25, 0.3) is 0 Å². The molecule has 4 nitrogen and oxygen atoms in total. The first-order valence-corrected chi connectivity index (χ1v) is 9.83. The molecular formula is C24H27FO4. The number of aliphatic hydroxyl groups is 1. The molecule has 0 unspecified atom stereocenters. The number of rotatable bonds is 5. The Morgan fingerprint density at radius 1 is 1.28 bits per heavy atom. The van der Waals surface area contributed by atoms with Gasteiger partial charge >= 0.3 is 5.97 Å². The van der Waals surface area contributed by atoms with Crippen molar-refractivity contribution in [3.63, 3.8) is 0 Å². The van der Waals surface area contributed by atoms with Gasteiger partial charge in [0.2, 0.25) is 0 Å². The Labute approximate surface area is 171 Å². The van der Waals surface area contributed by atoms with Crippen LogP contribution >= 0.6 is 0 Å². The Kier molecular flexibility index (Phi) is 6.38. The smallest absolute Gasteiger partial charge is 0.309 e. The van der Waals surface area contributed by atoms with E-state index in [9.17, 15) is 14.3 Å². The zero-order chi connectivity index (χ0) is 21.1. The Morgan fingerprint density at radius 2 is 1.97 bits per heavy atom. The van der Waals surface area contributed by atoms with Crippen molar-refractivity contribution in [2.24, 2.45) is 0 Å². The molecule has 0 saturated carbocycles. The molecular weight excluding hydrogens is 371 g/mol. The number of ether oxygens (including phenoxy) is 2. The van der Waals surface area contributed by atoms with Crippen molar-refractivity contribution in [1.82, 2.24) is 0 Å². The van der Waals surface area contributed by atoms with Gasteiger partial charge in [0.15, 0.2) is 0 Å². The Hall–Kier alpha value is -2.66. The highest BCUT2D eigenvalue weighted by molar-refractivity contribution is 5.84. The second-order valence-electron chi connectivity index (χ2n) is 7.75. The summed E-state index contributed by atoms with van der Waals surface area (Å²) in [5.74, 6) is 0.256. The summed E-state index contributed by atoms with van der Waals surface area (Å²) in [7, 11) is 1.62. The van der Waals surface area contributed by atoms with Crippen LogP contribution in [0.5, 0.6) is 5.75 Å². The lowest BCUT2D eigenvalue weighted by atomic mass is 9.86. The number of carbonyl (C=O) groups is 1. The van der Waals surface area contributed by atoms with Gasteiger partial charge in [-0.3, -0.25) is 4.79 Å². The monoisotopic (exact) mass is 398 g/mol. The van der Waals surface area contributed by atoms with E-state index in [1.807, 2.05) is 19.1 Å². The number of aryl methyl sites for hydroxylation is 1. The van der Waals surface area contributed by atoms with Gasteiger partial charge < -0.3 is 14.6 Å². The largest absolute Gasteiger partial charge is 0.496 e. The predicted molar refractivity (Wildman–Crippen MR) is 111 cm³/mol. The Balaban J connectivity index is 2.16. The molecule has 1 aliphatic rings. The lowest BCUT2D eigenvalue weighted by Gasteiger charge is -2.24. The van der Waals surface area contributed by atoms with Crippen molar-refractivity contribution in [1.29, 1.82) is 0 Å². The van der Waals surface area contributed by atoms with Crippen molar-refractivity contribution in [2.75, 3.05) is 7.11 Å². The van der Waals surface area contributed by atoms with Crippen LogP contribution in [0.15, 0.2) is 36.4 Å². The minimum atomic E-state index is -0.695. The average Bonchev–Trinajstić information content (AvgIpc) is 2.66. The van der Waals surface area contributed by atoms with E-state index in [-0.39, 0.29) is 18.2 Å². The zero-order valence-electron chi connectivity index (χ0n) is 17.2. The summed E-state index contributed by atoms with van der Waals surface area (Å²) >= 11 is 0. The topological polar surface area (TPSA) is 55.8 Å². The zero-order valence-corrected chi connectivity index (χ0v) is 17.2. The molecule has 2 aromatic carbocycles. The first-order valence-electron chi connectivity index (χ1n) is 9.83. The van der Waals surface area contributed by atoms with Crippen LogP contribution in [0, 0.1) is 12.7 Å². The quantitative estimate of drug-likeness (QED) is 0.719. The predicted octanol–water partition coefficient (Wildman–Crippen LogP) is 5.01. The van der Waals surface area contributed by atoms with Gasteiger partial charge in [-0.25, -0.2) is 4.39 Å². The summed E-state index contributed by atoms with van der Waals surface area (Å²) in [5.41, 5.74) is 4.75. The standard InChI is InChI=1S/C24H27FO4/c1-14(2)21-11-15(3)24(28-4)23(16-5-7-17(25)8-6-16)20(21)10-9-19-12-18(26)13-22(27)29-19/h5-11,14,18-19,26H,12-13H2,1-4H3/b10-9+/t18-,19-/m0/s1. The highest BCUT2D eigenvalue weighted by atomic mass is 19.1. The number of hydrogen-bond acceptors (Lipinski definition) is 4. The Morgan fingerprint density at radius 3 is 2.55 bits per heavy atom. The molecule has 1 saturated heterocycles. The highest BCUT2D eigenvalue weighted by Crippen LogP contribution is 2.41. The van der Waals surface area contributed by atoms with Crippen LogP contribution in [0.1, 0.15) is 49.3 Å². The third-order valence-electron chi connectivity index (χ3n) is 5.16. The van der Waals surface area contributed by atoms with Crippen LogP contribution in [0.25, 0.3) is 17.2 Å². The number of aliphatic hydroxyl groups excluding tert-OH is 1. The normalized spacial score (nSPS) is 19.6. The van der Waals surface area contributed by atoms with Crippen molar-refractivity contribution < 1.29 is 23.8 Å². The van der Waals surface area contributed by atoms with E-state index in [0.29, 0.717) is 6.42 Å². The molecule has 154 valence electrons. The van der Waals surface area contributed by atoms with Crippen LogP contribution in [0.2, 0.25) is 0 Å². The fourth-order valence-electron chi connectivity index (χ4n) is 3.79. The maximum atomic E-state index is 13.5. The Bertz CT molecular complexity index is 915. The van der Waals surface area contributed by atoms with E-state index >= 15 is 0 Å². The summed E-state index contributed by atoms with van der Waals surface area (Å²) in [6, 6.07) is 8.42. The van der Waals surface area contributed by atoms with Crippen LogP contribution in [-0.4, -0.2) is 30.4 Å². The van der Waals surface area contributed by atoms with Gasteiger partial charge in [0, 0.05) is 12.0 Å². The van der Waals surface area contributed by atoms with Crippen molar-refractivity contribution in [2.45, 2.75) is 51.7 Å². The van der Waals surface area contributed by atoms with Crippen LogP contribution in [0.3, 0.4) is 0 Å². The fourth-order valence-corrected chi connectivity index (χ4v) is 3.79. The van der Waals surface area contributed by atoms with Crippen molar-refractivity contribution in [3.05, 3.63) is 58.9 Å². The lowest BCUT2D eigenvalue weighted by Crippen LogP contribution is -2.31. The molecule has 0 aromatic heterocycles. The summed E-state index contributed by atoms with van der Waals surface area (Å²) < 4.78 is 24.6. The fraction of sp³-hybridized carbons (Fsp3) is 0.375. The lowest BCUT2D eigenvalue weighted by molar-refractivity contribution is -0.156. The molecule has 1 aliphatic heterocycles. The van der Waals surface area contributed by atoms with Crippen molar-refractivity contribution >= 4 is 12.0 Å². The van der Waals surface area contributed by atoms with Gasteiger partial charge in [0.05, 0.1) is 19.6 Å². The van der Waals surface area contributed by atoms with E-state index in [1.165, 1.54) is 12.1 Å². The number of carbonyl (C=O) groups excluding carboxylic acids is 1. The second-order valence-corrected chi connectivity index (χ2v) is 7.75. The molecule has 5 heteroatoms. The summed E-state index contributed by atoms with van der Waals surface area (Å²) in [4.78, 5) is 11.7. The highest BCUT2D eigenvalue weighted by Gasteiger charge is 2.26. The van der Waals surface area contributed by atoms with Crippen LogP contribution in [0.4, 0.5) is 4.39 Å².